The Hall–Kier alpha value is -2.54. The first-order valence-corrected chi connectivity index (χ1v) is 7.62. The van der Waals surface area contributed by atoms with Crippen molar-refractivity contribution in [2.24, 2.45) is 0 Å². The van der Waals surface area contributed by atoms with E-state index in [1.807, 2.05) is 0 Å². The van der Waals surface area contributed by atoms with Crippen molar-refractivity contribution in [1.82, 2.24) is 20.2 Å². The molecule has 2 amide bonds. The van der Waals surface area contributed by atoms with Crippen LogP contribution in [-0.2, 0) is 4.79 Å². The van der Waals surface area contributed by atoms with Crippen LogP contribution in [0.4, 0.5) is 4.39 Å². The lowest BCUT2D eigenvalue weighted by molar-refractivity contribution is -0.127. The molecule has 2 atom stereocenters. The lowest BCUT2D eigenvalue weighted by Crippen LogP contribution is -2.39. The molecule has 6 nitrogen and oxygen atoms in total. The van der Waals surface area contributed by atoms with E-state index in [9.17, 15) is 14.0 Å². The van der Waals surface area contributed by atoms with Crippen LogP contribution in [0, 0.1) is 5.82 Å². The summed E-state index contributed by atoms with van der Waals surface area (Å²) in [5, 5.41) is 2.92. The molecule has 1 aliphatic heterocycles. The summed E-state index contributed by atoms with van der Waals surface area (Å²) >= 11 is 5.93. The van der Waals surface area contributed by atoms with Gasteiger partial charge in [-0.15, -0.1) is 0 Å². The molecule has 1 N–H and O–H groups in total. The van der Waals surface area contributed by atoms with Crippen molar-refractivity contribution in [3.8, 4) is 0 Å². The van der Waals surface area contributed by atoms with E-state index in [-0.39, 0.29) is 34.9 Å². The number of amides is 2. The second kappa shape index (κ2) is 6.52. The van der Waals surface area contributed by atoms with Crippen LogP contribution in [0.25, 0.3) is 0 Å². The van der Waals surface area contributed by atoms with Gasteiger partial charge < -0.3 is 10.2 Å². The summed E-state index contributed by atoms with van der Waals surface area (Å²) in [4.78, 5) is 33.6. The fraction of sp³-hybridized carbons (Fsp3) is 0.250. The Labute approximate surface area is 142 Å². The highest BCUT2D eigenvalue weighted by Crippen LogP contribution is 2.32. The molecule has 0 aliphatic carbocycles. The number of nitrogens with one attached hydrogen (secondary N) is 1. The monoisotopic (exact) mass is 348 g/mol. The van der Waals surface area contributed by atoms with Gasteiger partial charge in [-0.3, -0.25) is 9.59 Å². The molecule has 2 aromatic rings. The Morgan fingerprint density at radius 1 is 1.38 bits per heavy atom. The van der Waals surface area contributed by atoms with Crippen LogP contribution in [0.2, 0.25) is 5.02 Å². The van der Waals surface area contributed by atoms with Gasteiger partial charge in [-0.25, -0.2) is 14.4 Å². The molecule has 1 fully saturated rings. The number of benzene rings is 1. The second-order valence-corrected chi connectivity index (χ2v) is 5.91. The Morgan fingerprint density at radius 2 is 2.08 bits per heavy atom. The highest BCUT2D eigenvalue weighted by molar-refractivity contribution is 6.33. The van der Waals surface area contributed by atoms with E-state index < -0.39 is 11.9 Å². The molecule has 1 saturated heterocycles. The van der Waals surface area contributed by atoms with Crippen molar-refractivity contribution < 1.29 is 14.0 Å². The van der Waals surface area contributed by atoms with Crippen LogP contribution >= 0.6 is 11.6 Å². The maximum atomic E-state index is 13.1. The number of hydrogen-bond donors (Lipinski definition) is 1. The first kappa shape index (κ1) is 16.3. The second-order valence-electron chi connectivity index (χ2n) is 5.50. The Kier molecular flexibility index (Phi) is 4.44. The summed E-state index contributed by atoms with van der Waals surface area (Å²) < 4.78 is 13.1. The third kappa shape index (κ3) is 3.07. The van der Waals surface area contributed by atoms with Crippen LogP contribution in [0.1, 0.15) is 28.5 Å². The SMILES string of the molecule is CN1C(=O)C[C@H](NC(=O)c2ncncc2Cl)[C@H]1c1ccc(F)cc1. The minimum Gasteiger partial charge on any atom is -0.345 e. The van der Waals surface area contributed by atoms with E-state index in [2.05, 4.69) is 15.3 Å². The van der Waals surface area contributed by atoms with Crippen molar-refractivity contribution in [2.75, 3.05) is 7.05 Å². The normalized spacial score (nSPS) is 20.3. The fourth-order valence-electron chi connectivity index (χ4n) is 2.83. The third-order valence-corrected chi connectivity index (χ3v) is 4.27. The lowest BCUT2D eigenvalue weighted by Gasteiger charge is -2.26. The number of rotatable bonds is 3. The number of nitrogens with zero attached hydrogens (tertiary/aromatic N) is 3. The summed E-state index contributed by atoms with van der Waals surface area (Å²) in [6.45, 7) is 0. The van der Waals surface area contributed by atoms with Gasteiger partial charge in [-0.05, 0) is 17.7 Å². The van der Waals surface area contributed by atoms with Crippen LogP contribution < -0.4 is 5.32 Å². The third-order valence-electron chi connectivity index (χ3n) is 4.00. The van der Waals surface area contributed by atoms with E-state index >= 15 is 0 Å². The van der Waals surface area contributed by atoms with Gasteiger partial charge in [0.2, 0.25) is 5.91 Å². The minimum atomic E-state index is -0.484. The molecule has 0 bridgehead atoms. The molecule has 8 heteroatoms. The van der Waals surface area contributed by atoms with Crippen LogP contribution in [0.15, 0.2) is 36.8 Å². The first-order chi connectivity index (χ1) is 11.5. The zero-order chi connectivity index (χ0) is 17.3. The van der Waals surface area contributed by atoms with Crippen LogP contribution in [-0.4, -0.2) is 39.8 Å². The number of carbonyl (C=O) groups is 2. The topological polar surface area (TPSA) is 75.2 Å². The van der Waals surface area contributed by atoms with E-state index in [0.29, 0.717) is 0 Å². The number of likely N-dealkylation sites (N-methyl/N-ethyl adjacent to an activating group) is 1. The number of carbonyl (C=O) groups excluding carboxylic acids is 2. The summed E-state index contributed by atoms with van der Waals surface area (Å²) in [7, 11) is 1.65. The zero-order valence-electron chi connectivity index (χ0n) is 12.7. The van der Waals surface area contributed by atoms with Gasteiger partial charge in [0.1, 0.15) is 17.8 Å². The van der Waals surface area contributed by atoms with Crippen molar-refractivity contribution >= 4 is 23.4 Å². The van der Waals surface area contributed by atoms with Crippen molar-refractivity contribution in [3.05, 3.63) is 58.9 Å². The van der Waals surface area contributed by atoms with Gasteiger partial charge in [0, 0.05) is 19.7 Å². The molecule has 124 valence electrons. The molecule has 3 rings (SSSR count). The maximum Gasteiger partial charge on any atom is 0.271 e. The van der Waals surface area contributed by atoms with Crippen LogP contribution in [0.3, 0.4) is 0 Å². The van der Waals surface area contributed by atoms with Gasteiger partial charge in [0.15, 0.2) is 0 Å². The zero-order valence-corrected chi connectivity index (χ0v) is 13.5. The molecular weight excluding hydrogens is 335 g/mol. The smallest absolute Gasteiger partial charge is 0.271 e. The number of aromatic nitrogens is 2. The van der Waals surface area contributed by atoms with Gasteiger partial charge in [0.05, 0.1) is 17.1 Å². The average Bonchev–Trinajstić information content (AvgIpc) is 2.83. The van der Waals surface area contributed by atoms with Crippen molar-refractivity contribution in [3.63, 3.8) is 0 Å². The summed E-state index contributed by atoms with van der Waals surface area (Å²) in [5.74, 6) is -0.954. The Bertz CT molecular complexity index is 784. The average molecular weight is 349 g/mol. The Balaban J connectivity index is 1.85. The van der Waals surface area contributed by atoms with Gasteiger partial charge >= 0.3 is 0 Å². The van der Waals surface area contributed by atoms with E-state index in [1.165, 1.54) is 24.7 Å². The highest BCUT2D eigenvalue weighted by Gasteiger charge is 2.39. The molecule has 0 unspecified atom stereocenters. The summed E-state index contributed by atoms with van der Waals surface area (Å²) in [5.41, 5.74) is 0.787. The van der Waals surface area contributed by atoms with Gasteiger partial charge in [-0.1, -0.05) is 23.7 Å². The van der Waals surface area contributed by atoms with Gasteiger partial charge in [-0.2, -0.15) is 0 Å². The number of hydrogen-bond acceptors (Lipinski definition) is 4. The van der Waals surface area contributed by atoms with E-state index in [1.54, 1.807) is 24.1 Å². The minimum absolute atomic E-state index is 0.0477. The molecule has 1 aliphatic rings. The largest absolute Gasteiger partial charge is 0.345 e. The number of halogens is 2. The number of likely N-dealkylation sites (tertiary alicyclic amines) is 1. The van der Waals surface area contributed by atoms with Gasteiger partial charge in [0.25, 0.3) is 5.91 Å². The quantitative estimate of drug-likeness (QED) is 0.920. The summed E-state index contributed by atoms with van der Waals surface area (Å²) in [6, 6.07) is 5.00. The molecule has 1 aromatic carbocycles. The molecule has 0 saturated carbocycles. The van der Waals surface area contributed by atoms with E-state index in [4.69, 9.17) is 11.6 Å². The maximum absolute atomic E-state index is 13.1. The van der Waals surface area contributed by atoms with E-state index in [0.717, 1.165) is 5.56 Å². The predicted octanol–water partition coefficient (Wildman–Crippen LogP) is 1.97. The molecule has 0 radical (unpaired) electrons. The molecule has 1 aromatic heterocycles. The molecule has 24 heavy (non-hydrogen) atoms. The fourth-order valence-corrected chi connectivity index (χ4v) is 3.02. The van der Waals surface area contributed by atoms with Crippen LogP contribution in [0.5, 0.6) is 0 Å². The highest BCUT2D eigenvalue weighted by atomic mass is 35.5. The molecule has 0 spiro atoms. The lowest BCUT2D eigenvalue weighted by atomic mass is 10.00. The first-order valence-electron chi connectivity index (χ1n) is 7.25. The Morgan fingerprint density at radius 3 is 2.75 bits per heavy atom. The molecule has 2 heterocycles. The predicted molar refractivity (Wildman–Crippen MR) is 84.8 cm³/mol. The van der Waals surface area contributed by atoms with Crippen molar-refractivity contribution in [1.29, 1.82) is 0 Å². The standard InChI is InChI=1S/C16H14ClFN4O2/c1-22-13(23)6-12(15(22)9-2-4-10(18)5-3-9)21-16(24)14-11(17)7-19-8-20-14/h2-5,7-8,12,15H,6H2,1H3,(H,21,24)/t12-,15+/m0/s1. The van der Waals surface area contributed by atoms with Crippen molar-refractivity contribution in [2.45, 2.75) is 18.5 Å². The molecular formula is C16H14ClFN4O2. The summed E-state index contributed by atoms with van der Waals surface area (Å²) in [6.07, 6.45) is 2.70.